The van der Waals surface area contributed by atoms with Gasteiger partial charge in [-0.05, 0) is 48.2 Å². The van der Waals surface area contributed by atoms with Crippen molar-refractivity contribution in [3.63, 3.8) is 0 Å². The Morgan fingerprint density at radius 1 is 1.11 bits per heavy atom. The smallest absolute Gasteiger partial charge is 0.242 e. The number of benzene rings is 2. The van der Waals surface area contributed by atoms with E-state index in [1.54, 1.807) is 17.0 Å². The average molecular weight is 448 g/mol. The molecular weight excluding hydrogens is 426 g/mol. The van der Waals surface area contributed by atoms with Crippen LogP contribution in [-0.2, 0) is 11.3 Å². The SMILES string of the molecule is Cl.O=C([C@H](NCc1ccc(Cl)c(Cl)c1)[C@@H](O)c1ccc(F)cc1)N1CCCC1. The lowest BCUT2D eigenvalue weighted by Gasteiger charge is -2.28. The van der Waals surface area contributed by atoms with Crippen molar-refractivity contribution < 1.29 is 14.3 Å². The molecule has 1 heterocycles. The number of aliphatic hydroxyl groups is 1. The second-order valence-electron chi connectivity index (χ2n) is 6.64. The van der Waals surface area contributed by atoms with Gasteiger partial charge in [0, 0.05) is 19.6 Å². The molecule has 0 radical (unpaired) electrons. The summed E-state index contributed by atoms with van der Waals surface area (Å²) < 4.78 is 13.2. The summed E-state index contributed by atoms with van der Waals surface area (Å²) in [7, 11) is 0. The molecule has 0 saturated carbocycles. The highest BCUT2D eigenvalue weighted by Gasteiger charge is 2.32. The molecule has 0 spiro atoms. The number of carbonyl (C=O) groups excluding carboxylic acids is 1. The van der Waals surface area contributed by atoms with E-state index in [9.17, 15) is 14.3 Å². The number of likely N-dealkylation sites (tertiary alicyclic amines) is 1. The Balaban J connectivity index is 0.00000280. The molecule has 0 unspecified atom stereocenters. The van der Waals surface area contributed by atoms with Gasteiger partial charge in [0.05, 0.1) is 10.0 Å². The van der Waals surface area contributed by atoms with Gasteiger partial charge in [-0.3, -0.25) is 10.1 Å². The maximum absolute atomic E-state index is 13.2. The third kappa shape index (κ3) is 5.58. The van der Waals surface area contributed by atoms with Crippen LogP contribution in [0.3, 0.4) is 0 Å². The first-order chi connectivity index (χ1) is 13.0. The molecule has 1 saturated heterocycles. The summed E-state index contributed by atoms with van der Waals surface area (Å²) in [5, 5.41) is 14.8. The van der Waals surface area contributed by atoms with Gasteiger partial charge in [0.2, 0.25) is 5.91 Å². The van der Waals surface area contributed by atoms with Crippen molar-refractivity contribution in [3.05, 3.63) is 69.5 Å². The van der Waals surface area contributed by atoms with Crippen LogP contribution < -0.4 is 5.32 Å². The minimum absolute atomic E-state index is 0. The van der Waals surface area contributed by atoms with Crippen molar-refractivity contribution in [1.29, 1.82) is 0 Å². The van der Waals surface area contributed by atoms with E-state index < -0.39 is 18.0 Å². The van der Waals surface area contributed by atoms with E-state index in [2.05, 4.69) is 5.32 Å². The second kappa shape index (κ2) is 10.4. The molecule has 1 amide bonds. The van der Waals surface area contributed by atoms with E-state index in [1.165, 1.54) is 24.3 Å². The number of nitrogens with zero attached hydrogens (tertiary/aromatic N) is 1. The van der Waals surface area contributed by atoms with Crippen LogP contribution >= 0.6 is 35.6 Å². The van der Waals surface area contributed by atoms with Crippen LogP contribution in [0.1, 0.15) is 30.1 Å². The van der Waals surface area contributed by atoms with Gasteiger partial charge in [-0.25, -0.2) is 4.39 Å². The third-order valence-corrected chi connectivity index (χ3v) is 5.46. The standard InChI is InChI=1S/C20H21Cl2FN2O2.ClH/c21-16-8-3-13(11-17(16)22)12-24-18(20(27)25-9-1-2-10-25)19(26)14-4-6-15(23)7-5-14;/h3-8,11,18-19,24,26H,1-2,9-10,12H2;1H/t18-,19+;/m1./s1. The molecule has 0 aromatic heterocycles. The lowest BCUT2D eigenvalue weighted by Crippen LogP contribution is -2.48. The molecular formula is C20H22Cl3FN2O2. The van der Waals surface area contributed by atoms with E-state index in [1.807, 2.05) is 6.07 Å². The zero-order valence-electron chi connectivity index (χ0n) is 15.1. The van der Waals surface area contributed by atoms with Gasteiger partial charge in [0.25, 0.3) is 0 Å². The summed E-state index contributed by atoms with van der Waals surface area (Å²) in [6.45, 7) is 1.69. The molecule has 3 rings (SSSR count). The van der Waals surface area contributed by atoms with Crippen molar-refractivity contribution in [2.45, 2.75) is 31.5 Å². The Hall–Kier alpha value is -1.37. The van der Waals surface area contributed by atoms with Crippen molar-refractivity contribution in [1.82, 2.24) is 10.2 Å². The number of nitrogens with one attached hydrogen (secondary N) is 1. The van der Waals surface area contributed by atoms with Gasteiger partial charge in [0.1, 0.15) is 18.0 Å². The zero-order valence-corrected chi connectivity index (χ0v) is 17.4. The van der Waals surface area contributed by atoms with Crippen molar-refractivity contribution in [2.24, 2.45) is 0 Å². The van der Waals surface area contributed by atoms with E-state index in [0.717, 1.165) is 18.4 Å². The molecule has 0 aliphatic carbocycles. The fourth-order valence-electron chi connectivity index (χ4n) is 3.20. The zero-order chi connectivity index (χ0) is 19.4. The summed E-state index contributed by atoms with van der Waals surface area (Å²) in [6.07, 6.45) is 0.817. The molecule has 2 aromatic rings. The normalized spacial score (nSPS) is 15.8. The maximum atomic E-state index is 13.2. The summed E-state index contributed by atoms with van der Waals surface area (Å²) in [4.78, 5) is 14.7. The molecule has 2 N–H and O–H groups in total. The lowest BCUT2D eigenvalue weighted by molar-refractivity contribution is -0.135. The number of hydrogen-bond donors (Lipinski definition) is 2. The minimum atomic E-state index is -1.10. The highest BCUT2D eigenvalue weighted by atomic mass is 35.5. The van der Waals surface area contributed by atoms with Crippen molar-refractivity contribution in [3.8, 4) is 0 Å². The molecule has 152 valence electrons. The first kappa shape index (κ1) is 22.9. The molecule has 2 atom stereocenters. The number of aliphatic hydroxyl groups excluding tert-OH is 1. The Morgan fingerprint density at radius 3 is 2.36 bits per heavy atom. The van der Waals surface area contributed by atoms with Gasteiger partial charge >= 0.3 is 0 Å². The van der Waals surface area contributed by atoms with Crippen LogP contribution in [0.15, 0.2) is 42.5 Å². The number of amides is 1. The second-order valence-corrected chi connectivity index (χ2v) is 7.45. The average Bonchev–Trinajstić information content (AvgIpc) is 3.19. The van der Waals surface area contributed by atoms with Crippen LogP contribution in [0.2, 0.25) is 10.0 Å². The summed E-state index contributed by atoms with van der Waals surface area (Å²) in [6, 6.07) is 9.90. The monoisotopic (exact) mass is 446 g/mol. The number of carbonyl (C=O) groups is 1. The van der Waals surface area contributed by atoms with E-state index in [4.69, 9.17) is 23.2 Å². The molecule has 28 heavy (non-hydrogen) atoms. The largest absolute Gasteiger partial charge is 0.386 e. The maximum Gasteiger partial charge on any atom is 0.242 e. The van der Waals surface area contributed by atoms with E-state index in [-0.39, 0.29) is 18.3 Å². The molecule has 4 nitrogen and oxygen atoms in total. The van der Waals surface area contributed by atoms with E-state index >= 15 is 0 Å². The summed E-state index contributed by atoms with van der Waals surface area (Å²) in [5.41, 5.74) is 1.32. The van der Waals surface area contributed by atoms with Crippen LogP contribution in [0, 0.1) is 5.82 Å². The first-order valence-electron chi connectivity index (χ1n) is 8.85. The van der Waals surface area contributed by atoms with Gasteiger partial charge < -0.3 is 10.0 Å². The quantitative estimate of drug-likeness (QED) is 0.691. The molecule has 2 aromatic carbocycles. The fraction of sp³-hybridized carbons (Fsp3) is 0.350. The number of halogens is 4. The highest BCUT2D eigenvalue weighted by Crippen LogP contribution is 2.24. The lowest BCUT2D eigenvalue weighted by atomic mass is 10.0. The minimum Gasteiger partial charge on any atom is -0.386 e. The fourth-order valence-corrected chi connectivity index (χ4v) is 3.52. The van der Waals surface area contributed by atoms with Gasteiger partial charge in [-0.1, -0.05) is 41.4 Å². The Labute approximate surface area is 180 Å². The molecule has 0 bridgehead atoms. The highest BCUT2D eigenvalue weighted by molar-refractivity contribution is 6.42. The van der Waals surface area contributed by atoms with Gasteiger partial charge in [-0.15, -0.1) is 12.4 Å². The van der Waals surface area contributed by atoms with Crippen molar-refractivity contribution in [2.75, 3.05) is 13.1 Å². The Kier molecular flexibility index (Phi) is 8.53. The molecule has 1 aliphatic rings. The topological polar surface area (TPSA) is 52.6 Å². The molecule has 1 aliphatic heterocycles. The van der Waals surface area contributed by atoms with Crippen LogP contribution in [0.25, 0.3) is 0 Å². The third-order valence-electron chi connectivity index (χ3n) is 4.72. The van der Waals surface area contributed by atoms with Crippen LogP contribution in [0.5, 0.6) is 0 Å². The number of rotatable bonds is 6. The van der Waals surface area contributed by atoms with Crippen molar-refractivity contribution >= 4 is 41.5 Å². The molecule has 8 heteroatoms. The van der Waals surface area contributed by atoms with Gasteiger partial charge in [0.15, 0.2) is 0 Å². The van der Waals surface area contributed by atoms with Gasteiger partial charge in [-0.2, -0.15) is 0 Å². The Bertz CT molecular complexity index is 799. The van der Waals surface area contributed by atoms with Crippen LogP contribution in [-0.4, -0.2) is 35.0 Å². The predicted molar refractivity (Wildman–Crippen MR) is 112 cm³/mol. The first-order valence-corrected chi connectivity index (χ1v) is 9.61. The number of hydrogen-bond acceptors (Lipinski definition) is 3. The molecule has 1 fully saturated rings. The van der Waals surface area contributed by atoms with E-state index in [0.29, 0.717) is 35.2 Å². The van der Waals surface area contributed by atoms with Crippen LogP contribution in [0.4, 0.5) is 4.39 Å². The summed E-state index contributed by atoms with van der Waals surface area (Å²) in [5.74, 6) is -0.554. The Morgan fingerprint density at radius 2 is 1.75 bits per heavy atom. The predicted octanol–water partition coefficient (Wildman–Crippen LogP) is 4.37. The summed E-state index contributed by atoms with van der Waals surface area (Å²) >= 11 is 12.0.